The summed E-state index contributed by atoms with van der Waals surface area (Å²) in [5, 5.41) is 15.1. The predicted octanol–water partition coefficient (Wildman–Crippen LogP) is 2.88. The molecule has 1 aromatic rings. The maximum atomic E-state index is 6.08. The molecule has 0 radical (unpaired) electrons. The first-order valence-corrected chi connectivity index (χ1v) is 10.2. The monoisotopic (exact) mass is 490 g/mol. The van der Waals surface area contributed by atoms with E-state index < -0.39 is 0 Å². The van der Waals surface area contributed by atoms with Gasteiger partial charge in [0.1, 0.15) is 0 Å². The molecular weight excluding hydrogens is 455 g/mol. The van der Waals surface area contributed by atoms with Gasteiger partial charge in [-0.3, -0.25) is 0 Å². The fourth-order valence-corrected chi connectivity index (χ4v) is 2.46. The molecule has 0 aromatic heterocycles. The second-order valence-electron chi connectivity index (χ2n) is 6.55. The van der Waals surface area contributed by atoms with Crippen LogP contribution in [0.15, 0.2) is 32.5 Å². The topological polar surface area (TPSA) is 172 Å². The third-order valence-corrected chi connectivity index (χ3v) is 3.90. The molecule has 0 heterocycles. The summed E-state index contributed by atoms with van der Waals surface area (Å²) < 4.78 is 12.2. The zero-order valence-corrected chi connectivity index (χ0v) is 20.3. The van der Waals surface area contributed by atoms with E-state index in [-0.39, 0.29) is 36.7 Å². The molecule has 0 bridgehead atoms. The summed E-state index contributed by atoms with van der Waals surface area (Å²) in [6, 6.07) is 3.63. The van der Waals surface area contributed by atoms with Crippen molar-refractivity contribution in [1.29, 1.82) is 0 Å². The van der Waals surface area contributed by atoms with Gasteiger partial charge < -0.3 is 32.4 Å². The quantitative estimate of drug-likeness (QED) is 0.135. The van der Waals surface area contributed by atoms with Gasteiger partial charge in [-0.05, 0) is 25.0 Å². The van der Waals surface area contributed by atoms with Crippen molar-refractivity contribution in [3.8, 4) is 11.5 Å². The van der Waals surface area contributed by atoms with Crippen LogP contribution in [0.4, 0.5) is 0 Å². The molecule has 0 aliphatic rings. The molecule has 8 N–H and O–H groups in total. The molecule has 182 valence electrons. The van der Waals surface area contributed by atoms with Crippen LogP contribution in [-0.2, 0) is 0 Å². The highest BCUT2D eigenvalue weighted by Crippen LogP contribution is 2.34. The number of ether oxygens (including phenoxy) is 2. The van der Waals surface area contributed by atoms with Crippen molar-refractivity contribution in [3.05, 3.63) is 23.3 Å². The number of nitrogens with two attached hydrogens (primary N) is 4. The summed E-state index contributed by atoms with van der Waals surface area (Å²) in [6.45, 7) is 5.35. The lowest BCUT2D eigenvalue weighted by molar-refractivity contribution is 0.259. The Morgan fingerprint density at radius 3 is 1.41 bits per heavy atom. The van der Waals surface area contributed by atoms with Gasteiger partial charge >= 0.3 is 0 Å². The first-order chi connectivity index (χ1) is 14.5. The number of halogens is 2. The van der Waals surface area contributed by atoms with Gasteiger partial charge in [0.2, 0.25) is 11.9 Å². The number of nitrogens with zero attached hydrogens (tertiary/aromatic N) is 4. The molecule has 1 aromatic carbocycles. The third-order valence-electron chi connectivity index (χ3n) is 3.90. The Balaban J connectivity index is 0. The first-order valence-electron chi connectivity index (χ1n) is 10.2. The molecule has 0 spiro atoms. The molecule has 1 rings (SSSR count). The van der Waals surface area contributed by atoms with Crippen LogP contribution in [0.1, 0.15) is 63.5 Å². The minimum Gasteiger partial charge on any atom is -0.489 e. The fourth-order valence-electron chi connectivity index (χ4n) is 2.46. The van der Waals surface area contributed by atoms with Crippen LogP contribution >= 0.6 is 24.8 Å². The van der Waals surface area contributed by atoms with Crippen molar-refractivity contribution < 1.29 is 9.47 Å². The van der Waals surface area contributed by atoms with E-state index >= 15 is 0 Å². The molecule has 10 nitrogen and oxygen atoms in total. The summed E-state index contributed by atoms with van der Waals surface area (Å²) in [5.41, 5.74) is 22.7. The fraction of sp³-hybridized carbons (Fsp3) is 0.500. The molecule has 0 saturated carbocycles. The maximum absolute atomic E-state index is 6.08. The van der Waals surface area contributed by atoms with Crippen LogP contribution in [-0.4, -0.2) is 37.6 Å². The Morgan fingerprint density at radius 2 is 1.09 bits per heavy atom. The van der Waals surface area contributed by atoms with Crippen LogP contribution in [0.25, 0.3) is 0 Å². The Labute approximate surface area is 202 Å². The summed E-state index contributed by atoms with van der Waals surface area (Å²) >= 11 is 0. The van der Waals surface area contributed by atoms with Gasteiger partial charge in [-0.25, -0.2) is 0 Å². The minimum absolute atomic E-state index is 0. The molecule has 12 heteroatoms. The van der Waals surface area contributed by atoms with E-state index in [2.05, 4.69) is 34.3 Å². The van der Waals surface area contributed by atoms with Crippen molar-refractivity contribution >= 4 is 49.2 Å². The molecular formula is C20H36Cl2N8O2. The summed E-state index contributed by atoms with van der Waals surface area (Å²) in [7, 11) is 0. The number of hydrogen-bond donors (Lipinski definition) is 4. The predicted molar refractivity (Wildman–Crippen MR) is 138 cm³/mol. The Bertz CT molecular complexity index is 699. The van der Waals surface area contributed by atoms with Crippen LogP contribution in [0.2, 0.25) is 0 Å². The molecule has 0 amide bonds. The number of unbranched alkanes of at least 4 members (excludes halogenated alkanes) is 4. The summed E-state index contributed by atoms with van der Waals surface area (Å²) in [4.78, 5) is 0. The van der Waals surface area contributed by atoms with Gasteiger partial charge in [0, 0.05) is 11.1 Å². The second kappa shape index (κ2) is 19.0. The van der Waals surface area contributed by atoms with E-state index in [1.807, 2.05) is 12.1 Å². The third kappa shape index (κ3) is 12.9. The van der Waals surface area contributed by atoms with E-state index in [0.717, 1.165) is 38.5 Å². The number of benzene rings is 1. The number of rotatable bonds is 14. The highest BCUT2D eigenvalue weighted by atomic mass is 35.5. The van der Waals surface area contributed by atoms with Crippen molar-refractivity contribution in [2.24, 2.45) is 43.3 Å². The molecule has 0 fully saturated rings. The molecule has 0 unspecified atom stereocenters. The van der Waals surface area contributed by atoms with Crippen LogP contribution in [0, 0.1) is 0 Å². The molecule has 0 aliphatic heterocycles. The normalized spacial score (nSPS) is 10.3. The van der Waals surface area contributed by atoms with Crippen LogP contribution in [0.3, 0.4) is 0 Å². The lowest BCUT2D eigenvalue weighted by Gasteiger charge is -2.17. The van der Waals surface area contributed by atoms with Gasteiger partial charge in [-0.1, -0.05) is 39.5 Å². The zero-order valence-electron chi connectivity index (χ0n) is 18.7. The SMILES string of the molecule is CCCCCOc1c(/C=N/N=C(N)N)ccc(/C=N/N=C(N)N)c1OCCCCC.Cl.Cl. The van der Waals surface area contributed by atoms with Gasteiger partial charge in [0.25, 0.3) is 0 Å². The Kier molecular flexibility index (Phi) is 18.7. The second-order valence-corrected chi connectivity index (χ2v) is 6.55. The van der Waals surface area contributed by atoms with Crippen molar-refractivity contribution in [1.82, 2.24) is 0 Å². The molecule has 0 atom stereocenters. The van der Waals surface area contributed by atoms with E-state index in [1.54, 1.807) is 0 Å². The highest BCUT2D eigenvalue weighted by Gasteiger charge is 2.15. The first kappa shape index (κ1) is 31.5. The average Bonchev–Trinajstić information content (AvgIpc) is 2.70. The van der Waals surface area contributed by atoms with Gasteiger partial charge in [0.05, 0.1) is 25.6 Å². The van der Waals surface area contributed by atoms with Gasteiger partial charge in [-0.2, -0.15) is 10.2 Å². The number of hydrogen-bond acceptors (Lipinski definition) is 6. The maximum Gasteiger partial charge on any atom is 0.211 e. The molecule has 0 aliphatic carbocycles. The summed E-state index contributed by atoms with van der Waals surface area (Å²) in [6.07, 6.45) is 9.19. The van der Waals surface area contributed by atoms with Crippen LogP contribution in [0.5, 0.6) is 11.5 Å². The Morgan fingerprint density at radius 1 is 0.719 bits per heavy atom. The summed E-state index contributed by atoms with van der Waals surface area (Å²) in [5.74, 6) is 0.832. The minimum atomic E-state index is -0.131. The van der Waals surface area contributed by atoms with Gasteiger partial charge in [0.15, 0.2) is 11.5 Å². The van der Waals surface area contributed by atoms with E-state index in [4.69, 9.17) is 32.4 Å². The van der Waals surface area contributed by atoms with E-state index in [0.29, 0.717) is 35.8 Å². The standard InChI is InChI=1S/C20H34N8O2.2ClH/c1-3-5-7-11-29-17-15(13-25-27-19(21)22)9-10-16(14-26-28-20(23)24)18(17)30-12-8-6-4-2;;/h9-10,13-14H,3-8,11-12H2,1-2H3,(H4,21,22,27)(H4,23,24,28);2*1H/b25-13+,26-14+;;. The van der Waals surface area contributed by atoms with Crippen molar-refractivity contribution in [3.63, 3.8) is 0 Å². The lowest BCUT2D eigenvalue weighted by Crippen LogP contribution is -2.21. The van der Waals surface area contributed by atoms with Crippen molar-refractivity contribution in [2.45, 2.75) is 52.4 Å². The molecule has 32 heavy (non-hydrogen) atoms. The zero-order chi connectivity index (χ0) is 22.2. The van der Waals surface area contributed by atoms with E-state index in [1.165, 1.54) is 12.4 Å². The Hall–Kier alpha value is -2.72. The largest absolute Gasteiger partial charge is 0.489 e. The number of guanidine groups is 2. The molecule has 0 saturated heterocycles. The van der Waals surface area contributed by atoms with E-state index in [9.17, 15) is 0 Å². The average molecular weight is 491 g/mol. The van der Waals surface area contributed by atoms with Crippen LogP contribution < -0.4 is 32.4 Å². The van der Waals surface area contributed by atoms with Gasteiger partial charge in [-0.15, -0.1) is 35.0 Å². The lowest BCUT2D eigenvalue weighted by atomic mass is 10.1. The van der Waals surface area contributed by atoms with Crippen molar-refractivity contribution in [2.75, 3.05) is 13.2 Å². The highest BCUT2D eigenvalue weighted by molar-refractivity contribution is 5.92. The smallest absolute Gasteiger partial charge is 0.211 e.